The highest BCUT2D eigenvalue weighted by Crippen LogP contribution is 2.22. The summed E-state index contributed by atoms with van der Waals surface area (Å²) in [5.41, 5.74) is 1.83. The Hall–Kier alpha value is -1.61. The lowest BCUT2D eigenvalue weighted by molar-refractivity contribution is 0.0932. The Morgan fingerprint density at radius 2 is 1.67 bits per heavy atom. The van der Waals surface area contributed by atoms with Gasteiger partial charge in [0.2, 0.25) is 0 Å². The molecular formula is C18H20BrNO. The standard InChI is InChI=1S/C18H20BrNO/c1-13(2)12-17(14-6-4-3-5-7-14)20-18(21)15-8-10-16(19)11-9-15/h3-11,13,17H,12H2,1-2H3,(H,20,21)/t17-/m0/s1. The molecule has 2 rings (SSSR count). The first-order chi connectivity index (χ1) is 10.1. The Kier molecular flexibility index (Phi) is 5.57. The fourth-order valence-corrected chi connectivity index (χ4v) is 2.54. The molecular weight excluding hydrogens is 326 g/mol. The maximum Gasteiger partial charge on any atom is 0.251 e. The van der Waals surface area contributed by atoms with Crippen LogP contribution in [-0.4, -0.2) is 5.91 Å². The summed E-state index contributed by atoms with van der Waals surface area (Å²) in [6.45, 7) is 4.34. The van der Waals surface area contributed by atoms with Crippen molar-refractivity contribution in [3.8, 4) is 0 Å². The molecule has 2 nitrogen and oxygen atoms in total. The number of hydrogen-bond donors (Lipinski definition) is 1. The van der Waals surface area contributed by atoms with E-state index in [1.165, 1.54) is 0 Å². The Balaban J connectivity index is 2.15. The summed E-state index contributed by atoms with van der Waals surface area (Å²) in [5.74, 6) is 0.484. The predicted molar refractivity (Wildman–Crippen MR) is 90.2 cm³/mol. The van der Waals surface area contributed by atoms with Gasteiger partial charge in [-0.3, -0.25) is 4.79 Å². The van der Waals surface area contributed by atoms with Crippen LogP contribution in [0.5, 0.6) is 0 Å². The van der Waals surface area contributed by atoms with Crippen LogP contribution in [0.3, 0.4) is 0 Å². The van der Waals surface area contributed by atoms with Crippen molar-refractivity contribution in [2.45, 2.75) is 26.3 Å². The van der Waals surface area contributed by atoms with Crippen LogP contribution in [0.15, 0.2) is 59.1 Å². The molecule has 1 atom stereocenters. The average molecular weight is 346 g/mol. The lowest BCUT2D eigenvalue weighted by atomic mass is 9.96. The molecule has 1 amide bonds. The molecule has 0 saturated heterocycles. The minimum absolute atomic E-state index is 0.0306. The van der Waals surface area contributed by atoms with E-state index in [4.69, 9.17) is 0 Å². The Morgan fingerprint density at radius 3 is 2.24 bits per heavy atom. The van der Waals surface area contributed by atoms with Crippen molar-refractivity contribution in [3.05, 3.63) is 70.2 Å². The molecule has 21 heavy (non-hydrogen) atoms. The molecule has 2 aromatic rings. The van der Waals surface area contributed by atoms with Gasteiger partial charge in [-0.1, -0.05) is 60.1 Å². The number of carbonyl (C=O) groups is 1. The van der Waals surface area contributed by atoms with E-state index < -0.39 is 0 Å². The summed E-state index contributed by atoms with van der Waals surface area (Å²) in [6.07, 6.45) is 0.923. The Labute approximate surface area is 134 Å². The molecule has 0 aromatic heterocycles. The molecule has 0 aliphatic rings. The van der Waals surface area contributed by atoms with Crippen molar-refractivity contribution in [1.82, 2.24) is 5.32 Å². The zero-order valence-electron chi connectivity index (χ0n) is 12.3. The normalized spacial score (nSPS) is 12.2. The highest BCUT2D eigenvalue weighted by molar-refractivity contribution is 9.10. The molecule has 2 aromatic carbocycles. The lowest BCUT2D eigenvalue weighted by Crippen LogP contribution is -2.29. The van der Waals surface area contributed by atoms with E-state index in [-0.39, 0.29) is 11.9 Å². The molecule has 1 N–H and O–H groups in total. The smallest absolute Gasteiger partial charge is 0.251 e. The number of benzene rings is 2. The van der Waals surface area contributed by atoms with E-state index >= 15 is 0 Å². The third-order valence-electron chi connectivity index (χ3n) is 3.32. The predicted octanol–water partition coefficient (Wildman–Crippen LogP) is 4.97. The minimum Gasteiger partial charge on any atom is -0.345 e. The lowest BCUT2D eigenvalue weighted by Gasteiger charge is -2.21. The number of amides is 1. The zero-order chi connectivity index (χ0) is 15.2. The van der Waals surface area contributed by atoms with Crippen molar-refractivity contribution in [3.63, 3.8) is 0 Å². The monoisotopic (exact) mass is 345 g/mol. The van der Waals surface area contributed by atoms with Crippen LogP contribution in [-0.2, 0) is 0 Å². The molecule has 0 aliphatic heterocycles. The maximum atomic E-state index is 12.4. The number of rotatable bonds is 5. The zero-order valence-corrected chi connectivity index (χ0v) is 13.9. The number of hydrogen-bond acceptors (Lipinski definition) is 1. The quantitative estimate of drug-likeness (QED) is 0.814. The van der Waals surface area contributed by atoms with Gasteiger partial charge in [-0.25, -0.2) is 0 Å². The van der Waals surface area contributed by atoms with Crippen molar-refractivity contribution in [2.75, 3.05) is 0 Å². The Morgan fingerprint density at radius 1 is 1.05 bits per heavy atom. The van der Waals surface area contributed by atoms with E-state index in [0.717, 1.165) is 16.5 Å². The summed E-state index contributed by atoms with van der Waals surface area (Å²) in [4.78, 5) is 12.4. The summed E-state index contributed by atoms with van der Waals surface area (Å²) in [7, 11) is 0. The molecule has 110 valence electrons. The van der Waals surface area contributed by atoms with Gasteiger partial charge in [-0.05, 0) is 42.2 Å². The van der Waals surface area contributed by atoms with E-state index in [9.17, 15) is 4.79 Å². The number of halogens is 1. The van der Waals surface area contributed by atoms with E-state index in [1.54, 1.807) is 0 Å². The first kappa shape index (κ1) is 15.8. The van der Waals surface area contributed by atoms with E-state index in [2.05, 4.69) is 47.2 Å². The first-order valence-electron chi connectivity index (χ1n) is 7.17. The van der Waals surface area contributed by atoms with Crippen LogP contribution in [0.25, 0.3) is 0 Å². The van der Waals surface area contributed by atoms with Crippen LogP contribution >= 0.6 is 15.9 Å². The molecule has 0 unspecified atom stereocenters. The van der Waals surface area contributed by atoms with Crippen LogP contribution in [0.4, 0.5) is 0 Å². The van der Waals surface area contributed by atoms with E-state index in [0.29, 0.717) is 11.5 Å². The molecule has 0 aliphatic carbocycles. The largest absolute Gasteiger partial charge is 0.345 e. The maximum absolute atomic E-state index is 12.4. The average Bonchev–Trinajstić information content (AvgIpc) is 2.47. The topological polar surface area (TPSA) is 29.1 Å². The van der Waals surface area contributed by atoms with Crippen LogP contribution in [0.1, 0.15) is 42.2 Å². The molecule has 3 heteroatoms. The molecule has 0 bridgehead atoms. The van der Waals surface area contributed by atoms with Crippen molar-refractivity contribution in [2.24, 2.45) is 5.92 Å². The van der Waals surface area contributed by atoms with Gasteiger partial charge in [0.05, 0.1) is 6.04 Å². The third kappa shape index (κ3) is 4.71. The van der Waals surface area contributed by atoms with Gasteiger partial charge in [0.15, 0.2) is 0 Å². The molecule has 0 radical (unpaired) electrons. The third-order valence-corrected chi connectivity index (χ3v) is 3.85. The molecule has 0 saturated carbocycles. The summed E-state index contributed by atoms with van der Waals surface area (Å²) in [6, 6.07) is 17.6. The van der Waals surface area contributed by atoms with Crippen molar-refractivity contribution in [1.29, 1.82) is 0 Å². The van der Waals surface area contributed by atoms with Crippen LogP contribution < -0.4 is 5.32 Å². The van der Waals surface area contributed by atoms with E-state index in [1.807, 2.05) is 42.5 Å². The van der Waals surface area contributed by atoms with Gasteiger partial charge in [-0.2, -0.15) is 0 Å². The van der Waals surface area contributed by atoms with Gasteiger partial charge >= 0.3 is 0 Å². The fraction of sp³-hybridized carbons (Fsp3) is 0.278. The van der Waals surface area contributed by atoms with Crippen LogP contribution in [0.2, 0.25) is 0 Å². The molecule has 0 heterocycles. The van der Waals surface area contributed by atoms with Crippen molar-refractivity contribution >= 4 is 21.8 Å². The molecule has 0 spiro atoms. The summed E-state index contributed by atoms with van der Waals surface area (Å²) >= 11 is 3.38. The fourth-order valence-electron chi connectivity index (χ4n) is 2.28. The van der Waals surface area contributed by atoms with Gasteiger partial charge in [-0.15, -0.1) is 0 Å². The Bertz CT molecular complexity index is 578. The van der Waals surface area contributed by atoms with Crippen LogP contribution in [0, 0.1) is 5.92 Å². The second-order valence-electron chi connectivity index (χ2n) is 5.57. The van der Waals surface area contributed by atoms with Crippen molar-refractivity contribution < 1.29 is 4.79 Å². The molecule has 0 fully saturated rings. The minimum atomic E-state index is -0.0306. The summed E-state index contributed by atoms with van der Waals surface area (Å²) in [5, 5.41) is 3.15. The number of carbonyl (C=O) groups excluding carboxylic acids is 1. The summed E-state index contributed by atoms with van der Waals surface area (Å²) < 4.78 is 0.973. The van der Waals surface area contributed by atoms with Gasteiger partial charge in [0.25, 0.3) is 5.91 Å². The second-order valence-corrected chi connectivity index (χ2v) is 6.49. The SMILES string of the molecule is CC(C)C[C@H](NC(=O)c1ccc(Br)cc1)c1ccccc1. The van der Waals surface area contributed by atoms with Gasteiger partial charge < -0.3 is 5.32 Å². The first-order valence-corrected chi connectivity index (χ1v) is 7.97. The van der Waals surface area contributed by atoms with Gasteiger partial charge in [0.1, 0.15) is 0 Å². The van der Waals surface area contributed by atoms with Gasteiger partial charge in [0, 0.05) is 10.0 Å². The highest BCUT2D eigenvalue weighted by Gasteiger charge is 2.16. The highest BCUT2D eigenvalue weighted by atomic mass is 79.9. The number of nitrogens with one attached hydrogen (secondary N) is 1. The second kappa shape index (κ2) is 7.41.